The fourth-order valence-electron chi connectivity index (χ4n) is 2.45. The molecule has 0 saturated carbocycles. The molecule has 0 heterocycles. The van der Waals surface area contributed by atoms with Crippen molar-refractivity contribution in [2.75, 3.05) is 13.7 Å². The van der Waals surface area contributed by atoms with Crippen molar-refractivity contribution in [2.45, 2.75) is 45.8 Å². The summed E-state index contributed by atoms with van der Waals surface area (Å²) in [5.41, 5.74) is 1.25. The third-order valence-corrected chi connectivity index (χ3v) is 3.56. The molecule has 0 radical (unpaired) electrons. The van der Waals surface area contributed by atoms with Gasteiger partial charge in [-0.15, -0.1) is 0 Å². The van der Waals surface area contributed by atoms with Gasteiger partial charge in [0.1, 0.15) is 0 Å². The molecule has 1 N–H and O–H groups in total. The molecule has 3 heteroatoms. The van der Waals surface area contributed by atoms with Gasteiger partial charge in [0.05, 0.1) is 6.10 Å². The molecule has 1 aromatic rings. The van der Waals surface area contributed by atoms with Crippen molar-refractivity contribution in [3.8, 4) is 0 Å². The van der Waals surface area contributed by atoms with Gasteiger partial charge in [0.25, 0.3) is 0 Å². The number of halogens is 1. The fourth-order valence-corrected chi connectivity index (χ4v) is 2.67. The Morgan fingerprint density at radius 2 is 2.05 bits per heavy atom. The van der Waals surface area contributed by atoms with Crippen LogP contribution < -0.4 is 5.32 Å². The van der Waals surface area contributed by atoms with Crippen LogP contribution in [0.2, 0.25) is 5.02 Å². The van der Waals surface area contributed by atoms with Gasteiger partial charge in [-0.1, -0.05) is 44.5 Å². The summed E-state index contributed by atoms with van der Waals surface area (Å²) in [6.07, 6.45) is 2.28. The standard InChI is InChI=1S/C16H26ClNO/c1-5-9-18-15(16(19-4)12(2)3)11-13-7-6-8-14(17)10-13/h6-8,10,12,15-16,18H,5,9,11H2,1-4H3. The van der Waals surface area contributed by atoms with Gasteiger partial charge in [-0.3, -0.25) is 0 Å². The lowest BCUT2D eigenvalue weighted by Gasteiger charge is -2.30. The third-order valence-electron chi connectivity index (χ3n) is 3.33. The Kier molecular flexibility index (Phi) is 7.44. The zero-order valence-electron chi connectivity index (χ0n) is 12.4. The molecule has 0 aliphatic rings. The number of hydrogen-bond acceptors (Lipinski definition) is 2. The van der Waals surface area contributed by atoms with Crippen molar-refractivity contribution in [3.05, 3.63) is 34.9 Å². The van der Waals surface area contributed by atoms with Crippen LogP contribution in [0.15, 0.2) is 24.3 Å². The first-order valence-electron chi connectivity index (χ1n) is 7.09. The molecule has 0 spiro atoms. The van der Waals surface area contributed by atoms with Crippen LogP contribution in [0.4, 0.5) is 0 Å². The van der Waals surface area contributed by atoms with E-state index in [4.69, 9.17) is 16.3 Å². The van der Waals surface area contributed by atoms with Crippen LogP contribution in [0.1, 0.15) is 32.8 Å². The van der Waals surface area contributed by atoms with E-state index in [2.05, 4.69) is 32.2 Å². The molecule has 0 amide bonds. The van der Waals surface area contributed by atoms with E-state index in [1.54, 1.807) is 7.11 Å². The molecule has 0 aliphatic heterocycles. The number of ether oxygens (including phenoxy) is 1. The summed E-state index contributed by atoms with van der Waals surface area (Å²) < 4.78 is 5.68. The van der Waals surface area contributed by atoms with E-state index in [9.17, 15) is 0 Å². The lowest BCUT2D eigenvalue weighted by atomic mass is 9.93. The third kappa shape index (κ3) is 5.52. The average molecular weight is 284 g/mol. The highest BCUT2D eigenvalue weighted by molar-refractivity contribution is 6.30. The molecule has 0 aromatic heterocycles. The van der Waals surface area contributed by atoms with Gasteiger partial charge < -0.3 is 10.1 Å². The van der Waals surface area contributed by atoms with E-state index >= 15 is 0 Å². The smallest absolute Gasteiger partial charge is 0.0750 e. The number of nitrogens with one attached hydrogen (secondary N) is 1. The summed E-state index contributed by atoms with van der Waals surface area (Å²) in [4.78, 5) is 0. The van der Waals surface area contributed by atoms with Crippen LogP contribution in [0.25, 0.3) is 0 Å². The van der Waals surface area contributed by atoms with Gasteiger partial charge in [0, 0.05) is 18.2 Å². The molecule has 0 saturated heterocycles. The average Bonchev–Trinajstić information content (AvgIpc) is 2.36. The molecule has 1 rings (SSSR count). The van der Waals surface area contributed by atoms with Crippen LogP contribution in [0, 0.1) is 5.92 Å². The summed E-state index contributed by atoms with van der Waals surface area (Å²) in [6.45, 7) is 7.60. The topological polar surface area (TPSA) is 21.3 Å². The molecule has 2 nitrogen and oxygen atoms in total. The van der Waals surface area contributed by atoms with Gasteiger partial charge in [-0.05, 0) is 43.0 Å². The van der Waals surface area contributed by atoms with Crippen molar-refractivity contribution in [2.24, 2.45) is 5.92 Å². The molecule has 1 aromatic carbocycles. The largest absolute Gasteiger partial charge is 0.380 e. The molecule has 2 atom stereocenters. The minimum atomic E-state index is 0.213. The van der Waals surface area contributed by atoms with Gasteiger partial charge in [0.2, 0.25) is 0 Å². The van der Waals surface area contributed by atoms with E-state index < -0.39 is 0 Å². The van der Waals surface area contributed by atoms with Crippen LogP contribution >= 0.6 is 11.6 Å². The van der Waals surface area contributed by atoms with E-state index in [0.717, 1.165) is 24.4 Å². The van der Waals surface area contributed by atoms with Gasteiger partial charge in [-0.2, -0.15) is 0 Å². The van der Waals surface area contributed by atoms with Crippen molar-refractivity contribution in [3.63, 3.8) is 0 Å². The molecule has 0 aliphatic carbocycles. The normalized spacial score (nSPS) is 14.6. The number of methoxy groups -OCH3 is 1. The first-order valence-corrected chi connectivity index (χ1v) is 7.46. The predicted molar refractivity (Wildman–Crippen MR) is 82.9 cm³/mol. The SMILES string of the molecule is CCCNC(Cc1cccc(Cl)c1)C(OC)C(C)C. The van der Waals surface area contributed by atoms with Crippen molar-refractivity contribution in [1.29, 1.82) is 0 Å². The predicted octanol–water partition coefficient (Wildman–Crippen LogP) is 3.92. The van der Waals surface area contributed by atoms with Crippen LogP contribution in [-0.2, 0) is 11.2 Å². The Bertz CT molecular complexity index is 368. The molecular weight excluding hydrogens is 258 g/mol. The van der Waals surface area contributed by atoms with Crippen LogP contribution in [0.3, 0.4) is 0 Å². The maximum absolute atomic E-state index is 6.06. The highest BCUT2D eigenvalue weighted by atomic mass is 35.5. The Labute approximate surface area is 122 Å². The van der Waals surface area contributed by atoms with Crippen molar-refractivity contribution in [1.82, 2.24) is 5.32 Å². The van der Waals surface area contributed by atoms with Gasteiger partial charge in [-0.25, -0.2) is 0 Å². The number of benzene rings is 1. The Hall–Kier alpha value is -0.570. The molecule has 0 fully saturated rings. The maximum atomic E-state index is 6.06. The Balaban J connectivity index is 2.78. The summed E-state index contributed by atoms with van der Waals surface area (Å²) in [6, 6.07) is 8.40. The Morgan fingerprint density at radius 3 is 2.58 bits per heavy atom. The van der Waals surface area contributed by atoms with E-state index in [1.807, 2.05) is 18.2 Å². The van der Waals surface area contributed by atoms with Gasteiger partial charge >= 0.3 is 0 Å². The van der Waals surface area contributed by atoms with E-state index in [-0.39, 0.29) is 6.10 Å². The maximum Gasteiger partial charge on any atom is 0.0750 e. The minimum absolute atomic E-state index is 0.213. The highest BCUT2D eigenvalue weighted by Crippen LogP contribution is 2.17. The Morgan fingerprint density at radius 1 is 1.32 bits per heavy atom. The molecule has 0 bridgehead atoms. The zero-order valence-corrected chi connectivity index (χ0v) is 13.2. The first-order chi connectivity index (χ1) is 9.08. The number of rotatable bonds is 8. The summed E-state index contributed by atoms with van der Waals surface area (Å²) >= 11 is 6.06. The van der Waals surface area contributed by atoms with Gasteiger partial charge in [0.15, 0.2) is 0 Å². The van der Waals surface area contributed by atoms with Crippen molar-refractivity contribution < 1.29 is 4.74 Å². The van der Waals surface area contributed by atoms with E-state index in [0.29, 0.717) is 12.0 Å². The van der Waals surface area contributed by atoms with Crippen LogP contribution in [0.5, 0.6) is 0 Å². The monoisotopic (exact) mass is 283 g/mol. The lowest BCUT2D eigenvalue weighted by Crippen LogP contribution is -2.45. The van der Waals surface area contributed by atoms with E-state index in [1.165, 1.54) is 5.56 Å². The van der Waals surface area contributed by atoms with Crippen LogP contribution in [-0.4, -0.2) is 25.8 Å². The summed E-state index contributed by atoms with van der Waals surface area (Å²) in [5, 5.41) is 4.40. The highest BCUT2D eigenvalue weighted by Gasteiger charge is 2.24. The minimum Gasteiger partial charge on any atom is -0.380 e. The second-order valence-electron chi connectivity index (χ2n) is 5.34. The summed E-state index contributed by atoms with van der Waals surface area (Å²) in [5.74, 6) is 0.485. The zero-order chi connectivity index (χ0) is 14.3. The second-order valence-corrected chi connectivity index (χ2v) is 5.78. The summed E-state index contributed by atoms with van der Waals surface area (Å²) in [7, 11) is 1.79. The first kappa shape index (κ1) is 16.5. The number of hydrogen-bond donors (Lipinski definition) is 1. The molecule has 2 unspecified atom stereocenters. The molecule has 19 heavy (non-hydrogen) atoms. The lowest BCUT2D eigenvalue weighted by molar-refractivity contribution is 0.0332. The molecular formula is C16H26ClNO. The van der Waals surface area contributed by atoms with Crippen molar-refractivity contribution >= 4 is 11.6 Å². The second kappa shape index (κ2) is 8.57. The quantitative estimate of drug-likeness (QED) is 0.781. The molecule has 108 valence electrons. The fraction of sp³-hybridized carbons (Fsp3) is 0.625.